The molecule has 0 saturated carbocycles. The molecule has 0 radical (unpaired) electrons. The van der Waals surface area contributed by atoms with E-state index >= 15 is 0 Å². The van der Waals surface area contributed by atoms with Crippen LogP contribution in [-0.2, 0) is 38.4 Å². The zero-order valence-electron chi connectivity index (χ0n) is 26.4. The maximum absolute atomic E-state index is 13.3. The molecule has 2 aromatic rings. The Morgan fingerprint density at radius 2 is 1.29 bits per heavy atom. The van der Waals surface area contributed by atoms with Crippen LogP contribution in [-0.4, -0.2) is 86.9 Å². The molecular weight excluding hydrogens is 638 g/mol. The van der Waals surface area contributed by atoms with Gasteiger partial charge in [-0.25, -0.2) is 4.79 Å². The van der Waals surface area contributed by atoms with Gasteiger partial charge in [-0.3, -0.25) is 38.4 Å². The minimum absolute atomic E-state index is 0.122. The fraction of sp³-hybridized carbons (Fsp3) is 0.433. The molecule has 0 spiro atoms. The minimum Gasteiger partial charge on any atom is -0.481 e. The molecule has 2 rings (SSSR count). The van der Waals surface area contributed by atoms with E-state index in [1.165, 1.54) is 32.0 Å². The SMILES string of the molecule is CC(=O)N[C@H](CC(=O)O)C(=O)N[C@H](CCC(=O)O)C(=O)N[C@H](C(=O)N[C@@H](CC(=O)O)C(=O)Nc1ccc2c(C)cc(=O)oc2c1)C(C)C. The first-order valence-corrected chi connectivity index (χ1v) is 14.6. The maximum Gasteiger partial charge on any atom is 0.336 e. The second kappa shape index (κ2) is 17.2. The Morgan fingerprint density at radius 1 is 0.729 bits per heavy atom. The van der Waals surface area contributed by atoms with Gasteiger partial charge in [-0.1, -0.05) is 13.8 Å². The van der Waals surface area contributed by atoms with Gasteiger partial charge in [-0.05, 0) is 37.0 Å². The van der Waals surface area contributed by atoms with Crippen LogP contribution >= 0.6 is 0 Å². The Morgan fingerprint density at radius 3 is 1.83 bits per heavy atom. The Kier molecular flexibility index (Phi) is 13.8. The summed E-state index contributed by atoms with van der Waals surface area (Å²) < 4.78 is 5.16. The van der Waals surface area contributed by atoms with E-state index in [0.717, 1.165) is 6.92 Å². The number of anilines is 1. The topological polar surface area (TPSA) is 288 Å². The lowest BCUT2D eigenvalue weighted by atomic mass is 10.0. The van der Waals surface area contributed by atoms with E-state index in [1.54, 1.807) is 13.0 Å². The highest BCUT2D eigenvalue weighted by Crippen LogP contribution is 2.21. The highest BCUT2D eigenvalue weighted by Gasteiger charge is 2.34. The van der Waals surface area contributed by atoms with E-state index in [-0.39, 0.29) is 11.3 Å². The molecule has 18 nitrogen and oxygen atoms in total. The Bertz CT molecular complexity index is 1640. The molecule has 48 heavy (non-hydrogen) atoms. The lowest BCUT2D eigenvalue weighted by molar-refractivity contribution is -0.142. The fourth-order valence-corrected chi connectivity index (χ4v) is 4.50. The number of carbonyl (C=O) groups is 8. The number of amides is 5. The number of fused-ring (bicyclic) bond motifs is 1. The van der Waals surface area contributed by atoms with Gasteiger partial charge in [0.25, 0.3) is 0 Å². The fourth-order valence-electron chi connectivity index (χ4n) is 4.50. The summed E-state index contributed by atoms with van der Waals surface area (Å²) in [4.78, 5) is 110. The summed E-state index contributed by atoms with van der Waals surface area (Å²) in [6.07, 6.45) is -2.84. The molecule has 4 atom stereocenters. The Labute approximate surface area is 272 Å². The number of carboxylic acid groups (broad SMARTS) is 3. The van der Waals surface area contributed by atoms with Crippen molar-refractivity contribution in [1.82, 2.24) is 21.3 Å². The van der Waals surface area contributed by atoms with Gasteiger partial charge >= 0.3 is 23.5 Å². The first-order valence-electron chi connectivity index (χ1n) is 14.6. The molecule has 260 valence electrons. The van der Waals surface area contributed by atoms with Crippen LogP contribution in [0.5, 0.6) is 0 Å². The van der Waals surface area contributed by atoms with Gasteiger partial charge in [-0.2, -0.15) is 0 Å². The van der Waals surface area contributed by atoms with E-state index in [4.69, 9.17) is 14.6 Å². The summed E-state index contributed by atoms with van der Waals surface area (Å²) in [5, 5.41) is 39.7. The number of nitrogens with one attached hydrogen (secondary N) is 5. The molecule has 0 saturated heterocycles. The van der Waals surface area contributed by atoms with E-state index in [0.29, 0.717) is 10.9 Å². The number of carboxylic acids is 3. The Hall–Kier alpha value is -5.81. The summed E-state index contributed by atoms with van der Waals surface area (Å²) in [7, 11) is 0. The highest BCUT2D eigenvalue weighted by atomic mass is 16.4. The van der Waals surface area contributed by atoms with Crippen LogP contribution in [0.1, 0.15) is 52.0 Å². The molecule has 18 heteroatoms. The number of rotatable bonds is 17. The second-order valence-electron chi connectivity index (χ2n) is 11.2. The van der Waals surface area contributed by atoms with Gasteiger partial charge in [0, 0.05) is 36.6 Å². The molecule has 0 aliphatic rings. The zero-order chi connectivity index (χ0) is 36.3. The number of aliphatic carboxylic acids is 3. The van der Waals surface area contributed by atoms with Gasteiger partial charge in [0.15, 0.2) is 0 Å². The summed E-state index contributed by atoms with van der Waals surface area (Å²) in [6, 6.07) is -0.645. The minimum atomic E-state index is -1.66. The van der Waals surface area contributed by atoms with E-state index < -0.39 is 109 Å². The van der Waals surface area contributed by atoms with Crippen molar-refractivity contribution < 1.29 is 58.1 Å². The first kappa shape index (κ1) is 38.4. The van der Waals surface area contributed by atoms with Crippen molar-refractivity contribution >= 4 is 64.1 Å². The van der Waals surface area contributed by atoms with Crippen molar-refractivity contribution in [2.75, 3.05) is 5.32 Å². The zero-order valence-corrected chi connectivity index (χ0v) is 26.4. The average Bonchev–Trinajstić information content (AvgIpc) is 2.95. The van der Waals surface area contributed by atoms with Gasteiger partial charge in [0.2, 0.25) is 29.5 Å². The lowest BCUT2D eigenvalue weighted by Gasteiger charge is -2.27. The number of carbonyl (C=O) groups excluding carboxylic acids is 5. The molecule has 0 unspecified atom stereocenters. The number of benzene rings is 1. The summed E-state index contributed by atoms with van der Waals surface area (Å²) >= 11 is 0. The van der Waals surface area contributed by atoms with E-state index in [2.05, 4.69) is 26.6 Å². The monoisotopic (exact) mass is 675 g/mol. The molecule has 0 fully saturated rings. The van der Waals surface area contributed by atoms with Crippen molar-refractivity contribution in [3.05, 3.63) is 40.2 Å². The van der Waals surface area contributed by atoms with Crippen molar-refractivity contribution in [3.63, 3.8) is 0 Å². The van der Waals surface area contributed by atoms with Crippen molar-refractivity contribution in [2.45, 2.75) is 77.5 Å². The maximum atomic E-state index is 13.3. The highest BCUT2D eigenvalue weighted by molar-refractivity contribution is 6.01. The number of aryl methyl sites for hydroxylation is 1. The van der Waals surface area contributed by atoms with E-state index in [1.807, 2.05) is 0 Å². The predicted octanol–water partition coefficient (Wildman–Crippen LogP) is -0.531. The quantitative estimate of drug-likeness (QED) is 0.0980. The molecule has 8 N–H and O–H groups in total. The lowest BCUT2D eigenvalue weighted by Crippen LogP contribution is -2.59. The summed E-state index contributed by atoms with van der Waals surface area (Å²) in [5.74, 6) is -9.79. The van der Waals surface area contributed by atoms with Gasteiger partial charge in [-0.15, -0.1) is 0 Å². The smallest absolute Gasteiger partial charge is 0.336 e. The third kappa shape index (κ3) is 11.8. The number of hydrogen-bond acceptors (Lipinski definition) is 10. The largest absolute Gasteiger partial charge is 0.481 e. The standard InChI is InChI=1S/C30H37N5O13/c1-13(2)26(35-27(44)18(7-8-22(37)38)33-29(46)19(11-23(39)40)31-15(4)36)30(47)34-20(12-24(41)42)28(45)32-16-5-6-17-14(3)9-25(43)48-21(17)10-16/h5-6,9-10,13,18-20,26H,7-8,11-12H2,1-4H3,(H,31,36)(H,32,45)(H,33,46)(H,34,47)(H,35,44)(H,37,38)(H,39,40)(H,41,42)/t18-,19-,20+,26+/m1/s1. The van der Waals surface area contributed by atoms with Crippen LogP contribution in [0.4, 0.5) is 5.69 Å². The first-order chi connectivity index (χ1) is 22.4. The normalized spacial score (nSPS) is 13.4. The molecule has 1 aromatic carbocycles. The molecular formula is C30H37N5O13. The third-order valence-electron chi connectivity index (χ3n) is 6.83. The van der Waals surface area contributed by atoms with Gasteiger partial charge in [0.1, 0.15) is 29.8 Å². The second-order valence-corrected chi connectivity index (χ2v) is 11.2. The van der Waals surface area contributed by atoms with Crippen LogP contribution in [0, 0.1) is 12.8 Å². The van der Waals surface area contributed by atoms with Crippen LogP contribution in [0.2, 0.25) is 0 Å². The molecule has 0 aliphatic carbocycles. The molecule has 1 aromatic heterocycles. The molecule has 0 aliphatic heterocycles. The third-order valence-corrected chi connectivity index (χ3v) is 6.83. The summed E-state index contributed by atoms with van der Waals surface area (Å²) in [5.41, 5.74) is 0.264. The molecule has 5 amide bonds. The van der Waals surface area contributed by atoms with Crippen LogP contribution in [0.15, 0.2) is 33.5 Å². The predicted molar refractivity (Wildman–Crippen MR) is 165 cm³/mol. The molecule has 1 heterocycles. The number of hydrogen-bond donors (Lipinski definition) is 8. The van der Waals surface area contributed by atoms with Crippen LogP contribution in [0.3, 0.4) is 0 Å². The average molecular weight is 676 g/mol. The van der Waals surface area contributed by atoms with Crippen LogP contribution < -0.4 is 32.2 Å². The molecule has 0 bridgehead atoms. The summed E-state index contributed by atoms with van der Waals surface area (Å²) in [6.45, 7) is 5.73. The van der Waals surface area contributed by atoms with Crippen molar-refractivity contribution in [2.24, 2.45) is 5.92 Å². The Balaban J connectivity index is 2.27. The van der Waals surface area contributed by atoms with Crippen molar-refractivity contribution in [3.8, 4) is 0 Å². The van der Waals surface area contributed by atoms with Crippen LogP contribution in [0.25, 0.3) is 11.0 Å². The van der Waals surface area contributed by atoms with Gasteiger partial charge in [0.05, 0.1) is 12.8 Å². The van der Waals surface area contributed by atoms with E-state index in [9.17, 15) is 48.3 Å². The van der Waals surface area contributed by atoms with Crippen molar-refractivity contribution in [1.29, 1.82) is 0 Å². The van der Waals surface area contributed by atoms with Gasteiger partial charge < -0.3 is 46.3 Å².